The maximum Gasteiger partial charge on any atom is 2.00 e. The van der Waals surface area contributed by atoms with E-state index in [1.165, 1.54) is 0 Å². The molecular formula is C10H32Zr2. The van der Waals surface area contributed by atoms with Crippen LogP contribution in [0.3, 0.4) is 0 Å². The van der Waals surface area contributed by atoms with Crippen LogP contribution < -0.4 is 0 Å². The van der Waals surface area contributed by atoms with Gasteiger partial charge in [0.15, 0.2) is 0 Å². The SMILES string of the molecule is C.C.CC.CC.[CH3-].[CH3-].[CH3-].[CH3-].[Zr+2].[Zr+2]. The second kappa shape index (κ2) is 567. The molecule has 0 rings (SSSR count). The third-order valence-electron chi connectivity index (χ3n) is 0. The first-order valence-corrected chi connectivity index (χ1v) is 2.00. The van der Waals surface area contributed by atoms with Gasteiger partial charge in [0.2, 0.25) is 0 Å². The molecule has 0 amide bonds. The third kappa shape index (κ3) is 437. The summed E-state index contributed by atoms with van der Waals surface area (Å²) in [6.45, 7) is 8.00. The van der Waals surface area contributed by atoms with E-state index in [1.54, 1.807) is 0 Å². The van der Waals surface area contributed by atoms with Gasteiger partial charge in [-0.05, 0) is 0 Å². The van der Waals surface area contributed by atoms with Gasteiger partial charge in [0.25, 0.3) is 0 Å². The maximum absolute atomic E-state index is 2.00. The molecule has 0 heterocycles. The van der Waals surface area contributed by atoms with Gasteiger partial charge in [-0.1, -0.05) is 42.5 Å². The van der Waals surface area contributed by atoms with Gasteiger partial charge < -0.3 is 29.7 Å². The monoisotopic (exact) mass is 332 g/mol. The Labute approximate surface area is 124 Å². The normalized spacial score (nSPS) is 1.00. The predicted molar refractivity (Wildman–Crippen MR) is 61.8 cm³/mol. The van der Waals surface area contributed by atoms with Gasteiger partial charge in [-0.2, -0.15) is 0 Å². The molecule has 0 saturated carbocycles. The second-order valence-electron chi connectivity index (χ2n) is 0. The molecule has 0 saturated heterocycles. The molecule has 0 unspecified atom stereocenters. The van der Waals surface area contributed by atoms with Crippen LogP contribution in [0.5, 0.6) is 0 Å². The van der Waals surface area contributed by atoms with Crippen molar-refractivity contribution < 1.29 is 52.4 Å². The van der Waals surface area contributed by atoms with E-state index in [2.05, 4.69) is 0 Å². The molecule has 0 N–H and O–H groups in total. The Kier molecular flexibility index (Phi) is 7470. The zero-order chi connectivity index (χ0) is 4.00. The Balaban J connectivity index is -0.000000000500. The summed E-state index contributed by atoms with van der Waals surface area (Å²) in [5.74, 6) is 0. The first kappa shape index (κ1) is 158. The zero-order valence-electron chi connectivity index (χ0n) is 9.00. The van der Waals surface area contributed by atoms with Crippen LogP contribution in [0.2, 0.25) is 0 Å². The van der Waals surface area contributed by atoms with Crippen molar-refractivity contribution in [3.05, 3.63) is 29.7 Å². The van der Waals surface area contributed by atoms with E-state index in [0.717, 1.165) is 0 Å². The molecular weight excluding hydrogens is 303 g/mol. The molecule has 12 heavy (non-hydrogen) atoms. The fourth-order valence-electron chi connectivity index (χ4n) is 0. The van der Waals surface area contributed by atoms with Crippen molar-refractivity contribution >= 4 is 0 Å². The van der Waals surface area contributed by atoms with Crippen molar-refractivity contribution in [1.82, 2.24) is 0 Å². The molecule has 0 aromatic carbocycles. The van der Waals surface area contributed by atoms with Crippen molar-refractivity contribution in [2.45, 2.75) is 42.5 Å². The van der Waals surface area contributed by atoms with Crippen LogP contribution in [0.25, 0.3) is 0 Å². The van der Waals surface area contributed by atoms with E-state index in [1.807, 2.05) is 27.7 Å². The molecule has 80 valence electrons. The topological polar surface area (TPSA) is 0 Å². The summed E-state index contributed by atoms with van der Waals surface area (Å²) < 4.78 is 0. The minimum absolute atomic E-state index is 0. The summed E-state index contributed by atoms with van der Waals surface area (Å²) in [6.07, 6.45) is 0. The molecule has 0 atom stereocenters. The third-order valence-corrected chi connectivity index (χ3v) is 0. The van der Waals surface area contributed by atoms with Crippen molar-refractivity contribution in [2.24, 2.45) is 0 Å². The quantitative estimate of drug-likeness (QED) is 0.539. The molecule has 0 fully saturated rings. The average molecular weight is 335 g/mol. The van der Waals surface area contributed by atoms with Crippen molar-refractivity contribution in [1.29, 1.82) is 0 Å². The van der Waals surface area contributed by atoms with Crippen LogP contribution in [0.1, 0.15) is 42.5 Å². The van der Waals surface area contributed by atoms with Crippen molar-refractivity contribution in [3.63, 3.8) is 0 Å². The summed E-state index contributed by atoms with van der Waals surface area (Å²) >= 11 is 0. The van der Waals surface area contributed by atoms with Crippen molar-refractivity contribution in [2.75, 3.05) is 0 Å². The van der Waals surface area contributed by atoms with Gasteiger partial charge in [-0.3, -0.25) is 0 Å². The maximum atomic E-state index is 2.00. The summed E-state index contributed by atoms with van der Waals surface area (Å²) in [7, 11) is 0. The van der Waals surface area contributed by atoms with Crippen LogP contribution in [-0.2, 0) is 52.4 Å². The Hall–Kier alpha value is 1.77. The second-order valence-corrected chi connectivity index (χ2v) is 0. The molecule has 2 heteroatoms. The molecule has 0 aliphatic rings. The average Bonchev–Trinajstić information content (AvgIpc) is 1.50. The summed E-state index contributed by atoms with van der Waals surface area (Å²) in [5, 5.41) is 0. The van der Waals surface area contributed by atoms with Crippen LogP contribution in [-0.4, -0.2) is 0 Å². The molecule has 0 bridgehead atoms. The van der Waals surface area contributed by atoms with Gasteiger partial charge >= 0.3 is 52.4 Å². The summed E-state index contributed by atoms with van der Waals surface area (Å²) in [5.41, 5.74) is 0. The molecule has 0 nitrogen and oxygen atoms in total. The van der Waals surface area contributed by atoms with Gasteiger partial charge in [-0.25, -0.2) is 0 Å². The van der Waals surface area contributed by atoms with Crippen LogP contribution >= 0.6 is 0 Å². The fourth-order valence-corrected chi connectivity index (χ4v) is 0. The predicted octanol–water partition coefficient (Wildman–Crippen LogP) is 5.12. The molecule has 0 aromatic rings. The smallest absolute Gasteiger partial charge is 0.358 e. The van der Waals surface area contributed by atoms with Gasteiger partial charge in [0, 0.05) is 0 Å². The van der Waals surface area contributed by atoms with E-state index < -0.39 is 0 Å². The van der Waals surface area contributed by atoms with Crippen LogP contribution in [0, 0.1) is 29.7 Å². The molecule has 0 aromatic heterocycles. The number of hydrogen-bond acceptors (Lipinski definition) is 0. The first-order valence-electron chi connectivity index (χ1n) is 2.00. The van der Waals surface area contributed by atoms with Gasteiger partial charge in [0.1, 0.15) is 0 Å². The van der Waals surface area contributed by atoms with Gasteiger partial charge in [0.05, 0.1) is 0 Å². The Morgan fingerprint density at radius 1 is 0.417 bits per heavy atom. The first-order chi connectivity index (χ1) is 2.00. The summed E-state index contributed by atoms with van der Waals surface area (Å²) in [4.78, 5) is 0. The van der Waals surface area contributed by atoms with E-state index in [4.69, 9.17) is 0 Å². The molecule has 0 aliphatic heterocycles. The van der Waals surface area contributed by atoms with E-state index in [9.17, 15) is 0 Å². The van der Waals surface area contributed by atoms with E-state index >= 15 is 0 Å². The molecule has 0 spiro atoms. The van der Waals surface area contributed by atoms with E-state index in [0.29, 0.717) is 0 Å². The Morgan fingerprint density at radius 2 is 0.417 bits per heavy atom. The summed E-state index contributed by atoms with van der Waals surface area (Å²) in [6, 6.07) is 0. The minimum Gasteiger partial charge on any atom is -0.358 e. The van der Waals surface area contributed by atoms with Gasteiger partial charge in [-0.15, -0.1) is 0 Å². The molecule has 0 radical (unpaired) electrons. The van der Waals surface area contributed by atoms with Crippen LogP contribution in [0.4, 0.5) is 0 Å². The van der Waals surface area contributed by atoms with E-state index in [-0.39, 0.29) is 97.0 Å². The largest absolute Gasteiger partial charge is 2.00 e. The Morgan fingerprint density at radius 3 is 0.417 bits per heavy atom. The Bertz CT molecular complexity index is 7.80. The fraction of sp³-hybridized carbons (Fsp3) is 0.600. The minimum atomic E-state index is 0. The molecule has 0 aliphatic carbocycles. The van der Waals surface area contributed by atoms with Crippen molar-refractivity contribution in [3.8, 4) is 0 Å². The standard InChI is InChI=1S/2C2H6.2CH4.4CH3.2Zr/c2*1-2;;;;;;;;/h2*1-2H3;2*1H4;4*1H3;;/q;;;;4*-1;2*+2. The zero-order valence-corrected chi connectivity index (χ0v) is 13.9. The van der Waals surface area contributed by atoms with Crippen LogP contribution in [0.15, 0.2) is 0 Å². The number of rotatable bonds is 0. The number of hydrogen-bond donors (Lipinski definition) is 0.